The van der Waals surface area contributed by atoms with E-state index in [2.05, 4.69) is 17.3 Å². The highest BCUT2D eigenvalue weighted by atomic mass is 35.5. The third-order valence-electron chi connectivity index (χ3n) is 2.61. The summed E-state index contributed by atoms with van der Waals surface area (Å²) in [6, 6.07) is 5.62. The van der Waals surface area contributed by atoms with Crippen LogP contribution in [0.25, 0.3) is 0 Å². The van der Waals surface area contributed by atoms with Crippen molar-refractivity contribution < 1.29 is 4.74 Å². The van der Waals surface area contributed by atoms with Gasteiger partial charge in [-0.2, -0.15) is 0 Å². The summed E-state index contributed by atoms with van der Waals surface area (Å²) in [6.07, 6.45) is 0. The minimum absolute atomic E-state index is 0.674. The molecular formula is C13H20Cl2N2O. The van der Waals surface area contributed by atoms with Crippen molar-refractivity contribution in [1.29, 1.82) is 0 Å². The third-order valence-corrected chi connectivity index (χ3v) is 3.20. The van der Waals surface area contributed by atoms with Gasteiger partial charge in [-0.25, -0.2) is 0 Å². The Morgan fingerprint density at radius 3 is 2.72 bits per heavy atom. The molecule has 0 unspecified atom stereocenters. The van der Waals surface area contributed by atoms with Gasteiger partial charge in [-0.3, -0.25) is 0 Å². The van der Waals surface area contributed by atoms with E-state index in [1.165, 1.54) is 0 Å². The minimum Gasteiger partial charge on any atom is -0.383 e. The highest BCUT2D eigenvalue weighted by molar-refractivity contribution is 6.35. The largest absolute Gasteiger partial charge is 0.383 e. The van der Waals surface area contributed by atoms with Gasteiger partial charge in [0.1, 0.15) is 0 Å². The predicted octanol–water partition coefficient (Wildman–Crippen LogP) is 2.66. The van der Waals surface area contributed by atoms with Crippen molar-refractivity contribution in [2.75, 3.05) is 40.4 Å². The smallest absolute Gasteiger partial charge is 0.0587 e. The first kappa shape index (κ1) is 15.7. The molecule has 1 N–H and O–H groups in total. The first-order valence-electron chi connectivity index (χ1n) is 5.95. The summed E-state index contributed by atoms with van der Waals surface area (Å²) < 4.78 is 4.97. The van der Waals surface area contributed by atoms with Crippen LogP contribution in [-0.2, 0) is 11.3 Å². The van der Waals surface area contributed by atoms with Crippen LogP contribution in [0, 0.1) is 0 Å². The maximum absolute atomic E-state index is 6.13. The van der Waals surface area contributed by atoms with Crippen molar-refractivity contribution in [3.63, 3.8) is 0 Å². The van der Waals surface area contributed by atoms with E-state index in [1.54, 1.807) is 13.2 Å². The molecule has 1 aromatic rings. The van der Waals surface area contributed by atoms with Crippen molar-refractivity contribution in [2.45, 2.75) is 6.54 Å². The minimum atomic E-state index is 0.674. The molecule has 0 aliphatic carbocycles. The zero-order valence-electron chi connectivity index (χ0n) is 10.9. The lowest BCUT2D eigenvalue weighted by Crippen LogP contribution is -2.30. The quantitative estimate of drug-likeness (QED) is 0.745. The standard InChI is InChI=1S/C13H20Cl2N2O/c1-17(7-5-16-6-8-18-2)10-11-3-4-12(14)9-13(11)15/h3-4,9,16H,5-8,10H2,1-2H3. The van der Waals surface area contributed by atoms with Crippen LogP contribution >= 0.6 is 23.2 Å². The molecule has 1 rings (SSSR count). The highest BCUT2D eigenvalue weighted by Gasteiger charge is 2.04. The third kappa shape index (κ3) is 6.03. The number of halogens is 2. The van der Waals surface area contributed by atoms with Gasteiger partial charge in [0.25, 0.3) is 0 Å². The van der Waals surface area contributed by atoms with Crippen LogP contribution in [0.2, 0.25) is 10.0 Å². The maximum Gasteiger partial charge on any atom is 0.0587 e. The van der Waals surface area contributed by atoms with E-state index in [0.29, 0.717) is 5.02 Å². The van der Waals surface area contributed by atoms with Crippen LogP contribution in [-0.4, -0.2) is 45.3 Å². The molecule has 0 amide bonds. The van der Waals surface area contributed by atoms with Gasteiger partial charge in [0, 0.05) is 43.3 Å². The first-order valence-corrected chi connectivity index (χ1v) is 6.71. The van der Waals surface area contributed by atoms with E-state index in [1.807, 2.05) is 12.1 Å². The molecule has 0 fully saturated rings. The van der Waals surface area contributed by atoms with Crippen molar-refractivity contribution >= 4 is 23.2 Å². The van der Waals surface area contributed by atoms with Crippen molar-refractivity contribution in [3.8, 4) is 0 Å². The van der Waals surface area contributed by atoms with Gasteiger partial charge in [0.05, 0.1) is 6.61 Å². The lowest BCUT2D eigenvalue weighted by molar-refractivity contribution is 0.197. The van der Waals surface area contributed by atoms with Crippen LogP contribution in [0.15, 0.2) is 18.2 Å². The summed E-state index contributed by atoms with van der Waals surface area (Å²) in [5.74, 6) is 0. The Labute approximate surface area is 119 Å². The van der Waals surface area contributed by atoms with E-state index >= 15 is 0 Å². The fraction of sp³-hybridized carbons (Fsp3) is 0.538. The molecule has 0 spiro atoms. The van der Waals surface area contributed by atoms with Gasteiger partial charge >= 0.3 is 0 Å². The molecule has 1 aromatic carbocycles. The zero-order valence-corrected chi connectivity index (χ0v) is 12.4. The second-order valence-electron chi connectivity index (χ2n) is 4.22. The number of nitrogens with one attached hydrogen (secondary N) is 1. The lowest BCUT2D eigenvalue weighted by atomic mass is 10.2. The summed E-state index contributed by atoms with van der Waals surface area (Å²) in [5, 5.41) is 4.70. The van der Waals surface area contributed by atoms with Crippen LogP contribution in [0.4, 0.5) is 0 Å². The topological polar surface area (TPSA) is 24.5 Å². The second kappa shape index (κ2) is 8.73. The summed E-state index contributed by atoms with van der Waals surface area (Å²) in [4.78, 5) is 2.22. The highest BCUT2D eigenvalue weighted by Crippen LogP contribution is 2.21. The molecule has 102 valence electrons. The average molecular weight is 291 g/mol. The van der Waals surface area contributed by atoms with Crippen molar-refractivity contribution in [2.24, 2.45) is 0 Å². The molecule has 0 bridgehead atoms. The Kier molecular flexibility index (Phi) is 7.63. The Hall–Kier alpha value is -0.320. The number of methoxy groups -OCH3 is 1. The molecule has 0 radical (unpaired) electrons. The Morgan fingerprint density at radius 2 is 2.06 bits per heavy atom. The Morgan fingerprint density at radius 1 is 1.28 bits per heavy atom. The van der Waals surface area contributed by atoms with Gasteiger partial charge in [0.15, 0.2) is 0 Å². The fourth-order valence-corrected chi connectivity index (χ4v) is 2.06. The second-order valence-corrected chi connectivity index (χ2v) is 5.06. The number of hydrogen-bond acceptors (Lipinski definition) is 3. The van der Waals surface area contributed by atoms with E-state index in [-0.39, 0.29) is 0 Å². The lowest BCUT2D eigenvalue weighted by Gasteiger charge is -2.17. The zero-order chi connectivity index (χ0) is 13.4. The average Bonchev–Trinajstić information content (AvgIpc) is 2.32. The van der Waals surface area contributed by atoms with Gasteiger partial charge in [0.2, 0.25) is 0 Å². The number of ether oxygens (including phenoxy) is 1. The van der Waals surface area contributed by atoms with E-state index in [9.17, 15) is 0 Å². The fourth-order valence-electron chi connectivity index (χ4n) is 1.59. The van der Waals surface area contributed by atoms with Gasteiger partial charge < -0.3 is 15.0 Å². The molecule has 0 atom stereocenters. The number of benzene rings is 1. The molecule has 0 saturated heterocycles. The number of likely N-dealkylation sites (N-methyl/N-ethyl adjacent to an activating group) is 1. The molecule has 3 nitrogen and oxygen atoms in total. The Balaban J connectivity index is 2.28. The summed E-state index contributed by atoms with van der Waals surface area (Å²) in [7, 11) is 3.78. The van der Waals surface area contributed by atoms with Crippen LogP contribution in [0.5, 0.6) is 0 Å². The molecular weight excluding hydrogens is 271 g/mol. The maximum atomic E-state index is 6.13. The summed E-state index contributed by atoms with van der Waals surface area (Å²) in [5.41, 5.74) is 1.10. The number of nitrogens with zero attached hydrogens (tertiary/aromatic N) is 1. The number of hydrogen-bond donors (Lipinski definition) is 1. The van der Waals surface area contributed by atoms with Crippen LogP contribution in [0.3, 0.4) is 0 Å². The summed E-state index contributed by atoms with van der Waals surface area (Å²) in [6.45, 7) is 4.34. The molecule has 0 heterocycles. The van der Waals surface area contributed by atoms with Crippen molar-refractivity contribution in [3.05, 3.63) is 33.8 Å². The predicted molar refractivity (Wildman–Crippen MR) is 77.5 cm³/mol. The molecule has 18 heavy (non-hydrogen) atoms. The summed E-state index contributed by atoms with van der Waals surface area (Å²) >= 11 is 12.0. The van der Waals surface area contributed by atoms with Crippen molar-refractivity contribution in [1.82, 2.24) is 10.2 Å². The first-order chi connectivity index (χ1) is 8.63. The van der Waals surface area contributed by atoms with Crippen LogP contribution < -0.4 is 5.32 Å². The molecule has 0 aromatic heterocycles. The monoisotopic (exact) mass is 290 g/mol. The van der Waals surface area contributed by atoms with Gasteiger partial charge in [-0.1, -0.05) is 29.3 Å². The van der Waals surface area contributed by atoms with E-state index < -0.39 is 0 Å². The molecule has 5 heteroatoms. The SMILES string of the molecule is COCCNCCN(C)Cc1ccc(Cl)cc1Cl. The molecule has 0 aliphatic heterocycles. The van der Waals surface area contributed by atoms with E-state index in [4.69, 9.17) is 27.9 Å². The Bertz CT molecular complexity index is 361. The molecule has 0 aliphatic rings. The van der Waals surface area contributed by atoms with E-state index in [0.717, 1.165) is 43.4 Å². The van der Waals surface area contributed by atoms with Gasteiger partial charge in [-0.05, 0) is 24.7 Å². The number of rotatable bonds is 8. The normalized spacial score (nSPS) is 11.2. The van der Waals surface area contributed by atoms with Crippen LogP contribution in [0.1, 0.15) is 5.56 Å². The molecule has 0 saturated carbocycles. The van der Waals surface area contributed by atoms with Gasteiger partial charge in [-0.15, -0.1) is 0 Å².